The first-order valence-corrected chi connectivity index (χ1v) is 3.92. The summed E-state index contributed by atoms with van der Waals surface area (Å²) in [6.45, 7) is 6.08. The van der Waals surface area contributed by atoms with E-state index in [0.717, 1.165) is 12.0 Å². The summed E-state index contributed by atoms with van der Waals surface area (Å²) >= 11 is 0. The summed E-state index contributed by atoms with van der Waals surface area (Å²) in [5, 5.41) is 0. The van der Waals surface area contributed by atoms with E-state index in [9.17, 15) is 0 Å². The Kier molecular flexibility index (Phi) is 2.91. The van der Waals surface area contributed by atoms with Crippen LogP contribution in [0, 0.1) is 6.92 Å². The van der Waals surface area contributed by atoms with E-state index in [1.165, 1.54) is 5.56 Å². The fourth-order valence-corrected chi connectivity index (χ4v) is 1.02. The molecule has 0 heterocycles. The third-order valence-corrected chi connectivity index (χ3v) is 1.60. The largest absolute Gasteiger partial charge is 0.0810 e. The molecule has 0 unspecified atom stereocenters. The molecular formula is C11H13. The molecule has 0 fully saturated rings. The highest BCUT2D eigenvalue weighted by atomic mass is 14.0. The summed E-state index contributed by atoms with van der Waals surface area (Å²) in [6, 6.07) is 10.2. The molecule has 1 rings (SSSR count). The molecule has 0 amide bonds. The maximum atomic E-state index is 3.96. The van der Waals surface area contributed by atoms with Gasteiger partial charge in [0.25, 0.3) is 0 Å². The van der Waals surface area contributed by atoms with Crippen LogP contribution in [0.1, 0.15) is 18.9 Å². The normalized spacial score (nSPS) is 11.6. The zero-order valence-corrected chi connectivity index (χ0v) is 6.88. The van der Waals surface area contributed by atoms with Crippen molar-refractivity contribution in [2.75, 3.05) is 0 Å². The highest BCUT2D eigenvalue weighted by molar-refractivity contribution is 5.67. The van der Waals surface area contributed by atoms with E-state index in [0.29, 0.717) is 0 Å². The second-order valence-corrected chi connectivity index (χ2v) is 2.50. The van der Waals surface area contributed by atoms with Gasteiger partial charge in [-0.2, -0.15) is 0 Å². The fourth-order valence-electron chi connectivity index (χ4n) is 1.02. The zero-order valence-electron chi connectivity index (χ0n) is 6.88. The molecule has 0 spiro atoms. The number of allylic oxidation sites excluding steroid dienone is 2. The molecule has 0 heteroatoms. The Balaban J connectivity index is 2.85. The van der Waals surface area contributed by atoms with Gasteiger partial charge in [0.05, 0.1) is 0 Å². The van der Waals surface area contributed by atoms with Crippen molar-refractivity contribution in [3.8, 4) is 0 Å². The van der Waals surface area contributed by atoms with Crippen molar-refractivity contribution in [1.29, 1.82) is 0 Å². The summed E-state index contributed by atoms with van der Waals surface area (Å²) < 4.78 is 0. The van der Waals surface area contributed by atoms with Crippen LogP contribution in [0.15, 0.2) is 36.4 Å². The van der Waals surface area contributed by atoms with E-state index in [4.69, 9.17) is 0 Å². The zero-order chi connectivity index (χ0) is 8.10. The average Bonchev–Trinajstić information content (AvgIpc) is 2.07. The Morgan fingerprint density at radius 3 is 2.55 bits per heavy atom. The van der Waals surface area contributed by atoms with Crippen LogP contribution >= 0.6 is 0 Å². The summed E-state index contributed by atoms with van der Waals surface area (Å²) in [5.74, 6) is 0. The lowest BCUT2D eigenvalue weighted by atomic mass is 10.1. The van der Waals surface area contributed by atoms with Crippen molar-refractivity contribution in [3.63, 3.8) is 0 Å². The monoisotopic (exact) mass is 145 g/mol. The minimum Gasteiger partial charge on any atom is -0.0810 e. The fraction of sp³-hybridized carbons (Fsp3) is 0.182. The van der Waals surface area contributed by atoms with Crippen molar-refractivity contribution < 1.29 is 0 Å². The predicted octanol–water partition coefficient (Wildman–Crippen LogP) is 3.31. The molecule has 57 valence electrons. The van der Waals surface area contributed by atoms with E-state index in [1.54, 1.807) is 0 Å². The van der Waals surface area contributed by atoms with Gasteiger partial charge >= 0.3 is 0 Å². The first-order chi connectivity index (χ1) is 5.34. The first-order valence-electron chi connectivity index (χ1n) is 3.92. The molecule has 0 atom stereocenters. The van der Waals surface area contributed by atoms with Crippen molar-refractivity contribution in [2.45, 2.75) is 13.3 Å². The van der Waals surface area contributed by atoms with E-state index in [-0.39, 0.29) is 0 Å². The van der Waals surface area contributed by atoms with Crippen LogP contribution in [0.25, 0.3) is 5.57 Å². The number of hydrogen-bond acceptors (Lipinski definition) is 0. The summed E-state index contributed by atoms with van der Waals surface area (Å²) in [7, 11) is 0. The Morgan fingerprint density at radius 1 is 1.36 bits per heavy atom. The molecular weight excluding hydrogens is 132 g/mol. The molecule has 1 aromatic rings. The minimum absolute atomic E-state index is 1.05. The quantitative estimate of drug-likeness (QED) is 0.599. The number of hydrogen-bond donors (Lipinski definition) is 0. The Bertz CT molecular complexity index is 231. The Labute approximate surface area is 68.6 Å². The Morgan fingerprint density at radius 2 is 2.00 bits per heavy atom. The van der Waals surface area contributed by atoms with Gasteiger partial charge in [0.15, 0.2) is 0 Å². The van der Waals surface area contributed by atoms with Gasteiger partial charge in [-0.05, 0) is 24.5 Å². The maximum absolute atomic E-state index is 3.96. The number of rotatable bonds is 2. The predicted molar refractivity (Wildman–Crippen MR) is 50.1 cm³/mol. The minimum atomic E-state index is 1.05. The molecule has 0 saturated heterocycles. The summed E-state index contributed by atoms with van der Waals surface area (Å²) in [5.41, 5.74) is 2.34. The van der Waals surface area contributed by atoms with Crippen LogP contribution in [0.5, 0.6) is 0 Å². The van der Waals surface area contributed by atoms with Gasteiger partial charge < -0.3 is 0 Å². The van der Waals surface area contributed by atoms with Gasteiger partial charge in [0.2, 0.25) is 0 Å². The lowest BCUT2D eigenvalue weighted by Gasteiger charge is -1.98. The van der Waals surface area contributed by atoms with Crippen LogP contribution in [0.2, 0.25) is 0 Å². The molecule has 0 aromatic heterocycles. The third kappa shape index (κ3) is 2.23. The van der Waals surface area contributed by atoms with E-state index in [1.807, 2.05) is 18.2 Å². The number of benzene rings is 1. The van der Waals surface area contributed by atoms with Gasteiger partial charge in [-0.25, -0.2) is 0 Å². The molecule has 0 aliphatic rings. The molecule has 0 aliphatic carbocycles. The van der Waals surface area contributed by atoms with Crippen molar-refractivity contribution >= 4 is 5.57 Å². The highest BCUT2D eigenvalue weighted by Crippen LogP contribution is 2.12. The Hall–Kier alpha value is -1.04. The van der Waals surface area contributed by atoms with Crippen LogP contribution < -0.4 is 0 Å². The van der Waals surface area contributed by atoms with Gasteiger partial charge in [-0.3, -0.25) is 0 Å². The van der Waals surface area contributed by atoms with Crippen molar-refractivity contribution in [2.24, 2.45) is 0 Å². The maximum Gasteiger partial charge on any atom is -0.0228 e. The lowest BCUT2D eigenvalue weighted by molar-refractivity contribution is 1.23. The molecule has 0 bridgehead atoms. The third-order valence-electron chi connectivity index (χ3n) is 1.60. The standard InChI is InChI=1S/C11H13/c1-3-7-10(2)11-8-5-4-6-9-11/h4-9H,2-3H2,1H3/b10-7+. The van der Waals surface area contributed by atoms with Crippen LogP contribution in [0.3, 0.4) is 0 Å². The summed E-state index contributed by atoms with van der Waals surface area (Å²) in [4.78, 5) is 0. The lowest BCUT2D eigenvalue weighted by Crippen LogP contribution is -1.76. The first kappa shape index (κ1) is 8.06. The summed E-state index contributed by atoms with van der Waals surface area (Å²) in [6.07, 6.45) is 3.18. The van der Waals surface area contributed by atoms with Gasteiger partial charge in [0.1, 0.15) is 0 Å². The topological polar surface area (TPSA) is 0 Å². The smallest absolute Gasteiger partial charge is 0.0228 e. The van der Waals surface area contributed by atoms with Gasteiger partial charge in [-0.1, -0.05) is 43.3 Å². The van der Waals surface area contributed by atoms with E-state index < -0.39 is 0 Å². The second-order valence-electron chi connectivity index (χ2n) is 2.50. The van der Waals surface area contributed by atoms with Crippen LogP contribution in [0.4, 0.5) is 0 Å². The molecule has 0 aliphatic heterocycles. The molecule has 0 saturated carbocycles. The second kappa shape index (κ2) is 3.97. The van der Waals surface area contributed by atoms with Gasteiger partial charge in [0, 0.05) is 0 Å². The van der Waals surface area contributed by atoms with E-state index in [2.05, 4.69) is 32.1 Å². The average molecular weight is 145 g/mol. The van der Waals surface area contributed by atoms with Crippen LogP contribution in [-0.4, -0.2) is 0 Å². The van der Waals surface area contributed by atoms with Crippen molar-refractivity contribution in [1.82, 2.24) is 0 Å². The highest BCUT2D eigenvalue weighted by Gasteiger charge is 1.90. The molecule has 1 aromatic carbocycles. The molecule has 11 heavy (non-hydrogen) atoms. The molecule has 1 radical (unpaired) electrons. The SMILES string of the molecule is [CH2]/C(=C\CC)c1ccccc1. The van der Waals surface area contributed by atoms with Crippen LogP contribution in [-0.2, 0) is 0 Å². The van der Waals surface area contributed by atoms with Gasteiger partial charge in [-0.15, -0.1) is 0 Å². The van der Waals surface area contributed by atoms with Crippen molar-refractivity contribution in [3.05, 3.63) is 48.9 Å². The van der Waals surface area contributed by atoms with E-state index >= 15 is 0 Å². The molecule has 0 nitrogen and oxygen atoms in total. The molecule has 0 N–H and O–H groups in total.